The van der Waals surface area contributed by atoms with Crippen LogP contribution in [0.3, 0.4) is 0 Å². The van der Waals surface area contributed by atoms with Gasteiger partial charge in [-0.05, 0) is 25.5 Å². The molecule has 2 heterocycles. The number of fused-ring (bicyclic) bond motifs is 1. The Labute approximate surface area is 149 Å². The molecule has 0 aliphatic carbocycles. The van der Waals surface area contributed by atoms with E-state index in [1.54, 1.807) is 24.3 Å². The fourth-order valence-electron chi connectivity index (χ4n) is 3.16. The van der Waals surface area contributed by atoms with Crippen molar-refractivity contribution in [2.45, 2.75) is 37.6 Å². The minimum absolute atomic E-state index is 0.218. The van der Waals surface area contributed by atoms with Crippen LogP contribution >= 0.6 is 11.6 Å². The van der Waals surface area contributed by atoms with Crippen LogP contribution in [-0.2, 0) is 9.59 Å². The molecule has 0 saturated carbocycles. The summed E-state index contributed by atoms with van der Waals surface area (Å²) in [6.45, 7) is 1.67. The number of rotatable bonds is 3. The van der Waals surface area contributed by atoms with Gasteiger partial charge in [0.05, 0.1) is 22.9 Å². The van der Waals surface area contributed by atoms with Crippen molar-refractivity contribution in [1.82, 2.24) is 15.5 Å². The fourth-order valence-corrected chi connectivity index (χ4v) is 3.34. The van der Waals surface area contributed by atoms with Crippen molar-refractivity contribution >= 4 is 35.1 Å². The van der Waals surface area contributed by atoms with Crippen LogP contribution in [0.4, 0.5) is 10.5 Å². The van der Waals surface area contributed by atoms with Crippen LogP contribution in [0.5, 0.6) is 0 Å². The lowest BCUT2D eigenvalue weighted by molar-refractivity contribution is -0.149. The first-order valence-corrected chi connectivity index (χ1v) is 8.35. The highest BCUT2D eigenvalue weighted by Gasteiger charge is 2.47. The molecule has 8 nitrogen and oxygen atoms in total. The molecule has 0 spiro atoms. The van der Waals surface area contributed by atoms with Crippen molar-refractivity contribution in [2.75, 3.05) is 11.9 Å². The minimum atomic E-state index is -0.979. The van der Waals surface area contributed by atoms with E-state index in [1.165, 1.54) is 11.8 Å². The first-order chi connectivity index (χ1) is 11.9. The SMILES string of the molecule is C[C@H](O)[C@H]1NC(=O)[C@@H]2C[C@H](NC(=O)Nc3ccccc3Cl)CN2C1=O. The molecular weight excluding hydrogens is 348 g/mol. The minimum Gasteiger partial charge on any atom is -0.391 e. The number of nitrogens with one attached hydrogen (secondary N) is 3. The van der Waals surface area contributed by atoms with Crippen LogP contribution in [-0.4, -0.2) is 58.6 Å². The van der Waals surface area contributed by atoms with Gasteiger partial charge < -0.3 is 26.0 Å². The molecule has 1 aromatic rings. The summed E-state index contributed by atoms with van der Waals surface area (Å²) in [6, 6.07) is 4.43. The van der Waals surface area contributed by atoms with Crippen LogP contribution in [0, 0.1) is 0 Å². The van der Waals surface area contributed by atoms with Gasteiger partial charge in [0.2, 0.25) is 11.8 Å². The zero-order chi connectivity index (χ0) is 18.1. The Morgan fingerprint density at radius 1 is 1.40 bits per heavy atom. The van der Waals surface area contributed by atoms with Gasteiger partial charge in [0, 0.05) is 6.54 Å². The van der Waals surface area contributed by atoms with Gasteiger partial charge in [-0.3, -0.25) is 9.59 Å². The summed E-state index contributed by atoms with van der Waals surface area (Å²) in [5.41, 5.74) is 0.473. The topological polar surface area (TPSA) is 111 Å². The first kappa shape index (κ1) is 17.5. The molecule has 134 valence electrons. The van der Waals surface area contributed by atoms with E-state index in [0.29, 0.717) is 17.1 Å². The van der Waals surface area contributed by atoms with E-state index in [1.807, 2.05) is 0 Å². The van der Waals surface area contributed by atoms with Crippen molar-refractivity contribution < 1.29 is 19.5 Å². The van der Waals surface area contributed by atoms with Gasteiger partial charge in [0.25, 0.3) is 0 Å². The Morgan fingerprint density at radius 2 is 2.12 bits per heavy atom. The van der Waals surface area contributed by atoms with Crippen molar-refractivity contribution in [3.63, 3.8) is 0 Å². The average Bonchev–Trinajstić information content (AvgIpc) is 2.97. The summed E-state index contributed by atoms with van der Waals surface area (Å²) in [4.78, 5) is 38.1. The molecule has 4 N–H and O–H groups in total. The van der Waals surface area contributed by atoms with Crippen LogP contribution in [0.25, 0.3) is 0 Å². The van der Waals surface area contributed by atoms with Gasteiger partial charge in [0.1, 0.15) is 12.1 Å². The number of hydrogen-bond acceptors (Lipinski definition) is 4. The summed E-state index contributed by atoms with van der Waals surface area (Å²) in [5, 5.41) is 18.0. The summed E-state index contributed by atoms with van der Waals surface area (Å²) >= 11 is 6.00. The predicted octanol–water partition coefficient (Wildman–Crippen LogP) is 0.310. The molecule has 0 unspecified atom stereocenters. The lowest BCUT2D eigenvalue weighted by atomic mass is 10.0. The van der Waals surface area contributed by atoms with Crippen LogP contribution in [0.15, 0.2) is 24.3 Å². The summed E-state index contributed by atoms with van der Waals surface area (Å²) < 4.78 is 0. The molecule has 4 amide bonds. The molecule has 4 atom stereocenters. The highest BCUT2D eigenvalue weighted by Crippen LogP contribution is 2.24. The highest BCUT2D eigenvalue weighted by atomic mass is 35.5. The van der Waals surface area contributed by atoms with Crippen molar-refractivity contribution in [3.05, 3.63) is 29.3 Å². The van der Waals surface area contributed by atoms with Gasteiger partial charge in [-0.1, -0.05) is 23.7 Å². The number of para-hydroxylation sites is 1. The molecular formula is C16H19ClN4O4. The van der Waals surface area contributed by atoms with E-state index in [2.05, 4.69) is 16.0 Å². The van der Waals surface area contributed by atoms with Gasteiger partial charge >= 0.3 is 6.03 Å². The van der Waals surface area contributed by atoms with E-state index < -0.39 is 24.2 Å². The zero-order valence-electron chi connectivity index (χ0n) is 13.5. The largest absolute Gasteiger partial charge is 0.391 e. The number of anilines is 1. The number of carbonyl (C=O) groups is 3. The van der Waals surface area contributed by atoms with Crippen molar-refractivity contribution in [2.24, 2.45) is 0 Å². The first-order valence-electron chi connectivity index (χ1n) is 7.98. The Morgan fingerprint density at radius 3 is 2.80 bits per heavy atom. The number of hydrogen-bond donors (Lipinski definition) is 4. The molecule has 2 aliphatic heterocycles. The van der Waals surface area contributed by atoms with Gasteiger partial charge in [-0.15, -0.1) is 0 Å². The molecule has 3 rings (SSSR count). The maximum Gasteiger partial charge on any atom is 0.319 e. The van der Waals surface area contributed by atoms with Gasteiger partial charge in [-0.2, -0.15) is 0 Å². The Bertz CT molecular complexity index is 711. The van der Waals surface area contributed by atoms with Crippen molar-refractivity contribution in [3.8, 4) is 0 Å². The number of amides is 4. The second-order valence-corrected chi connectivity index (χ2v) is 6.65. The number of aliphatic hydroxyl groups is 1. The number of nitrogens with zero attached hydrogens (tertiary/aromatic N) is 1. The summed E-state index contributed by atoms with van der Waals surface area (Å²) in [6.07, 6.45) is -0.659. The van der Waals surface area contributed by atoms with Crippen LogP contribution < -0.4 is 16.0 Å². The molecule has 2 fully saturated rings. The molecule has 1 aromatic carbocycles. The van der Waals surface area contributed by atoms with Gasteiger partial charge in [-0.25, -0.2) is 4.79 Å². The third-order valence-corrected chi connectivity index (χ3v) is 4.72. The number of carbonyl (C=O) groups excluding carboxylic acids is 3. The Kier molecular flexibility index (Phi) is 4.82. The third-order valence-electron chi connectivity index (χ3n) is 4.39. The highest BCUT2D eigenvalue weighted by molar-refractivity contribution is 6.33. The lowest BCUT2D eigenvalue weighted by Gasteiger charge is -2.35. The standard InChI is InChI=1S/C16H19ClN4O4/c1-8(22)13-15(24)21-7-9(6-12(21)14(23)20-13)18-16(25)19-11-5-3-2-4-10(11)17/h2-5,8-9,12-13,22H,6-7H2,1H3,(H,20,23)(H2,18,19,25)/t8-,9-,12-,13+/m0/s1. The monoisotopic (exact) mass is 366 g/mol. The number of piperazine rings is 1. The maximum atomic E-state index is 12.4. The molecule has 0 aromatic heterocycles. The smallest absolute Gasteiger partial charge is 0.319 e. The quantitative estimate of drug-likeness (QED) is 0.617. The number of urea groups is 1. The van der Waals surface area contributed by atoms with E-state index in [-0.39, 0.29) is 24.4 Å². The second-order valence-electron chi connectivity index (χ2n) is 6.24. The van der Waals surface area contributed by atoms with Crippen molar-refractivity contribution in [1.29, 1.82) is 0 Å². The van der Waals surface area contributed by atoms with Crippen LogP contribution in [0.1, 0.15) is 13.3 Å². The van der Waals surface area contributed by atoms with E-state index >= 15 is 0 Å². The van der Waals surface area contributed by atoms with E-state index in [9.17, 15) is 19.5 Å². The fraction of sp³-hybridized carbons (Fsp3) is 0.438. The lowest BCUT2D eigenvalue weighted by Crippen LogP contribution is -2.64. The van der Waals surface area contributed by atoms with E-state index in [4.69, 9.17) is 11.6 Å². The molecule has 2 aliphatic rings. The maximum absolute atomic E-state index is 12.4. The zero-order valence-corrected chi connectivity index (χ0v) is 14.3. The van der Waals surface area contributed by atoms with E-state index in [0.717, 1.165) is 0 Å². The molecule has 0 radical (unpaired) electrons. The number of aliphatic hydroxyl groups excluding tert-OH is 1. The number of halogens is 1. The molecule has 0 bridgehead atoms. The predicted molar refractivity (Wildman–Crippen MR) is 91.1 cm³/mol. The normalized spacial score (nSPS) is 26.7. The Hall–Kier alpha value is -2.32. The number of benzene rings is 1. The molecule has 25 heavy (non-hydrogen) atoms. The van der Waals surface area contributed by atoms with Gasteiger partial charge in [0.15, 0.2) is 0 Å². The average molecular weight is 367 g/mol. The summed E-state index contributed by atoms with van der Waals surface area (Å²) in [5.74, 6) is -0.656. The Balaban J connectivity index is 1.63. The molecule has 9 heteroatoms. The summed E-state index contributed by atoms with van der Waals surface area (Å²) in [7, 11) is 0. The molecule has 2 saturated heterocycles. The second kappa shape index (κ2) is 6.89. The van der Waals surface area contributed by atoms with Crippen LogP contribution in [0.2, 0.25) is 5.02 Å². The third kappa shape index (κ3) is 3.54.